The Bertz CT molecular complexity index is 632. The molecule has 0 aromatic heterocycles. The minimum atomic E-state index is -4.49. The number of likely N-dealkylation sites (tertiary alicyclic amines) is 1. The van der Waals surface area contributed by atoms with Crippen molar-refractivity contribution in [3.05, 3.63) is 29.8 Å². The number of halogens is 3. The summed E-state index contributed by atoms with van der Waals surface area (Å²) in [5.74, 6) is -0.418. The number of carbonyl (C=O) groups excluding carboxylic acids is 1. The number of nitrogens with one attached hydrogen (secondary N) is 2. The molecule has 2 N–H and O–H groups in total. The van der Waals surface area contributed by atoms with Crippen molar-refractivity contribution in [3.63, 3.8) is 0 Å². The summed E-state index contributed by atoms with van der Waals surface area (Å²) in [5.41, 5.74) is -0.864. The fourth-order valence-corrected chi connectivity index (χ4v) is 3.50. The minimum Gasteiger partial charge on any atom is -0.325 e. The molecule has 0 spiro atoms. The van der Waals surface area contributed by atoms with E-state index in [9.17, 15) is 18.0 Å². The highest BCUT2D eigenvalue weighted by Gasteiger charge is 2.33. The Labute approximate surface area is 159 Å². The summed E-state index contributed by atoms with van der Waals surface area (Å²) in [6.07, 6.45) is -2.36. The van der Waals surface area contributed by atoms with E-state index in [4.69, 9.17) is 0 Å². The number of rotatable bonds is 5. The average molecular weight is 385 g/mol. The maximum Gasteiger partial charge on any atom is 0.418 e. The van der Waals surface area contributed by atoms with E-state index in [2.05, 4.69) is 36.3 Å². The topological polar surface area (TPSA) is 44.4 Å². The third-order valence-corrected chi connectivity index (χ3v) is 4.96. The summed E-state index contributed by atoms with van der Waals surface area (Å²) < 4.78 is 39.1. The van der Waals surface area contributed by atoms with Crippen molar-refractivity contribution < 1.29 is 18.0 Å². The SMILES string of the molecule is CC(CC(=O)Nc1ccccc1C(F)(F)F)NC1CCN(C(C)(C)C)CC1. The molecule has 1 saturated heterocycles. The van der Waals surface area contributed by atoms with Crippen LogP contribution in [0.5, 0.6) is 0 Å². The number of benzene rings is 1. The monoisotopic (exact) mass is 385 g/mol. The van der Waals surface area contributed by atoms with Gasteiger partial charge in [-0.1, -0.05) is 12.1 Å². The zero-order chi connectivity index (χ0) is 20.2. The van der Waals surface area contributed by atoms with Crippen molar-refractivity contribution in [2.24, 2.45) is 0 Å². The fraction of sp³-hybridized carbons (Fsp3) is 0.650. The molecular formula is C20H30F3N3O. The number of piperidine rings is 1. The van der Waals surface area contributed by atoms with E-state index >= 15 is 0 Å². The molecule has 2 rings (SSSR count). The summed E-state index contributed by atoms with van der Waals surface area (Å²) in [6.45, 7) is 10.5. The molecule has 1 fully saturated rings. The second kappa shape index (κ2) is 8.61. The molecule has 1 aromatic rings. The predicted octanol–water partition coefficient (Wildman–Crippen LogP) is 4.28. The van der Waals surface area contributed by atoms with E-state index in [1.54, 1.807) is 0 Å². The van der Waals surface area contributed by atoms with E-state index < -0.39 is 17.6 Å². The zero-order valence-corrected chi connectivity index (χ0v) is 16.5. The Balaban J connectivity index is 1.83. The first-order chi connectivity index (χ1) is 12.5. The van der Waals surface area contributed by atoms with Crippen molar-refractivity contribution in [1.29, 1.82) is 0 Å². The van der Waals surface area contributed by atoms with Crippen molar-refractivity contribution in [2.45, 2.75) is 70.8 Å². The second-order valence-electron chi connectivity index (χ2n) is 8.30. The summed E-state index contributed by atoms with van der Waals surface area (Å²) in [6, 6.07) is 5.27. The molecule has 1 atom stereocenters. The van der Waals surface area contributed by atoms with Crippen molar-refractivity contribution in [1.82, 2.24) is 10.2 Å². The zero-order valence-electron chi connectivity index (χ0n) is 16.5. The minimum absolute atomic E-state index is 0.103. The lowest BCUT2D eigenvalue weighted by atomic mass is 9.97. The van der Waals surface area contributed by atoms with Crippen LogP contribution in [0.25, 0.3) is 0 Å². The van der Waals surface area contributed by atoms with E-state index in [1.807, 2.05) is 6.92 Å². The van der Waals surface area contributed by atoms with Crippen LogP contribution in [0.4, 0.5) is 18.9 Å². The standard InChI is InChI=1S/C20H30F3N3O/c1-14(24-15-9-11-26(12-10-15)19(2,3)4)13-18(27)25-17-8-6-5-7-16(17)20(21,22)23/h5-8,14-15,24H,9-13H2,1-4H3,(H,25,27). The maximum atomic E-state index is 13.0. The third kappa shape index (κ3) is 6.50. The quantitative estimate of drug-likeness (QED) is 0.795. The number of para-hydroxylation sites is 1. The van der Waals surface area contributed by atoms with Crippen LogP contribution in [0.1, 0.15) is 52.5 Å². The molecule has 1 heterocycles. The van der Waals surface area contributed by atoms with Crippen LogP contribution in [0.2, 0.25) is 0 Å². The Kier molecular flexibility index (Phi) is 6.92. The normalized spacial score (nSPS) is 18.3. The van der Waals surface area contributed by atoms with Gasteiger partial charge in [0.1, 0.15) is 0 Å². The van der Waals surface area contributed by atoms with Gasteiger partial charge in [-0.3, -0.25) is 9.69 Å². The number of hydrogen-bond acceptors (Lipinski definition) is 3. The molecular weight excluding hydrogens is 355 g/mol. The number of anilines is 1. The Morgan fingerprint density at radius 2 is 1.78 bits per heavy atom. The van der Waals surface area contributed by atoms with Gasteiger partial charge >= 0.3 is 6.18 Å². The molecule has 1 unspecified atom stereocenters. The largest absolute Gasteiger partial charge is 0.418 e. The molecule has 0 saturated carbocycles. The fourth-order valence-electron chi connectivity index (χ4n) is 3.50. The van der Waals surface area contributed by atoms with E-state index in [-0.39, 0.29) is 23.7 Å². The highest BCUT2D eigenvalue weighted by atomic mass is 19.4. The lowest BCUT2D eigenvalue weighted by molar-refractivity contribution is -0.137. The Hall–Kier alpha value is -1.60. The number of amides is 1. The Morgan fingerprint density at radius 3 is 2.33 bits per heavy atom. The highest BCUT2D eigenvalue weighted by molar-refractivity contribution is 5.92. The van der Waals surface area contributed by atoms with Gasteiger partial charge in [0.05, 0.1) is 11.3 Å². The van der Waals surface area contributed by atoms with Gasteiger partial charge in [0.25, 0.3) is 0 Å². The molecule has 1 aliphatic heterocycles. The summed E-state index contributed by atoms with van der Waals surface area (Å²) in [7, 11) is 0. The van der Waals surface area contributed by atoms with Gasteiger partial charge in [0, 0.05) is 37.1 Å². The highest BCUT2D eigenvalue weighted by Crippen LogP contribution is 2.34. The molecule has 27 heavy (non-hydrogen) atoms. The number of hydrogen-bond donors (Lipinski definition) is 2. The number of alkyl halides is 3. The van der Waals surface area contributed by atoms with Gasteiger partial charge in [-0.2, -0.15) is 13.2 Å². The third-order valence-electron chi connectivity index (χ3n) is 4.96. The van der Waals surface area contributed by atoms with E-state index in [0.717, 1.165) is 32.0 Å². The maximum absolute atomic E-state index is 13.0. The lowest BCUT2D eigenvalue weighted by Gasteiger charge is -2.41. The van der Waals surface area contributed by atoms with Crippen molar-refractivity contribution in [3.8, 4) is 0 Å². The van der Waals surface area contributed by atoms with Gasteiger partial charge in [-0.25, -0.2) is 0 Å². The second-order valence-corrected chi connectivity index (χ2v) is 8.30. The van der Waals surface area contributed by atoms with Gasteiger partial charge in [-0.15, -0.1) is 0 Å². The summed E-state index contributed by atoms with van der Waals surface area (Å²) in [4.78, 5) is 14.6. The first kappa shape index (κ1) is 21.7. The first-order valence-corrected chi connectivity index (χ1v) is 9.44. The molecule has 1 aliphatic rings. The van der Waals surface area contributed by atoms with Crippen LogP contribution in [0.15, 0.2) is 24.3 Å². The molecule has 0 bridgehead atoms. The van der Waals surface area contributed by atoms with Crippen molar-refractivity contribution in [2.75, 3.05) is 18.4 Å². The molecule has 7 heteroatoms. The first-order valence-electron chi connectivity index (χ1n) is 9.44. The molecule has 1 aromatic carbocycles. The van der Waals surface area contributed by atoms with Crippen LogP contribution in [-0.2, 0) is 11.0 Å². The van der Waals surface area contributed by atoms with E-state index in [0.29, 0.717) is 6.04 Å². The lowest BCUT2D eigenvalue weighted by Crippen LogP contribution is -2.51. The van der Waals surface area contributed by atoms with Gasteiger partial charge in [-0.05, 0) is 52.7 Å². The Morgan fingerprint density at radius 1 is 1.19 bits per heavy atom. The summed E-state index contributed by atoms with van der Waals surface area (Å²) in [5, 5.41) is 5.85. The van der Waals surface area contributed by atoms with Crippen LogP contribution < -0.4 is 10.6 Å². The van der Waals surface area contributed by atoms with Gasteiger partial charge in [0.15, 0.2) is 0 Å². The molecule has 152 valence electrons. The molecule has 4 nitrogen and oxygen atoms in total. The predicted molar refractivity (Wildman–Crippen MR) is 102 cm³/mol. The smallest absolute Gasteiger partial charge is 0.325 e. The van der Waals surface area contributed by atoms with Crippen LogP contribution in [0.3, 0.4) is 0 Å². The van der Waals surface area contributed by atoms with Gasteiger partial charge in [0.2, 0.25) is 5.91 Å². The van der Waals surface area contributed by atoms with Gasteiger partial charge < -0.3 is 10.6 Å². The molecule has 0 radical (unpaired) electrons. The molecule has 0 aliphatic carbocycles. The number of nitrogens with zero attached hydrogens (tertiary/aromatic N) is 1. The van der Waals surface area contributed by atoms with Crippen molar-refractivity contribution >= 4 is 11.6 Å². The molecule has 1 amide bonds. The van der Waals surface area contributed by atoms with Crippen LogP contribution in [0, 0.1) is 0 Å². The van der Waals surface area contributed by atoms with E-state index in [1.165, 1.54) is 18.2 Å². The van der Waals surface area contributed by atoms with Crippen LogP contribution in [-0.4, -0.2) is 41.5 Å². The summed E-state index contributed by atoms with van der Waals surface area (Å²) >= 11 is 0. The average Bonchev–Trinajstić information content (AvgIpc) is 2.53. The number of carbonyl (C=O) groups is 1. The van der Waals surface area contributed by atoms with Crippen LogP contribution >= 0.6 is 0 Å².